The molecular weight excluding hydrogens is 472 g/mol. The molecule has 2 aromatic rings. The van der Waals surface area contributed by atoms with Gasteiger partial charge in [0.15, 0.2) is 11.9 Å². The maximum Gasteiger partial charge on any atom is 0.329 e. The zero-order valence-corrected chi connectivity index (χ0v) is 20.8. The molecule has 2 heterocycles. The van der Waals surface area contributed by atoms with Crippen molar-refractivity contribution in [3.05, 3.63) is 57.6 Å². The van der Waals surface area contributed by atoms with E-state index >= 15 is 0 Å². The Balaban J connectivity index is 1.94. The van der Waals surface area contributed by atoms with Crippen LogP contribution in [0.4, 0.5) is 11.4 Å². The highest BCUT2D eigenvalue weighted by Gasteiger charge is 2.56. The van der Waals surface area contributed by atoms with E-state index in [9.17, 15) is 20.0 Å². The van der Waals surface area contributed by atoms with Crippen molar-refractivity contribution < 1.29 is 38.5 Å². The molecule has 2 aliphatic heterocycles. The number of aliphatic hydroxyl groups is 1. The summed E-state index contributed by atoms with van der Waals surface area (Å²) in [5.41, 5.74) is 0.250. The molecule has 0 unspecified atom stereocenters. The van der Waals surface area contributed by atoms with Gasteiger partial charge in [-0.2, -0.15) is 0 Å². The van der Waals surface area contributed by atoms with Gasteiger partial charge in [-0.25, -0.2) is 4.79 Å². The van der Waals surface area contributed by atoms with Crippen LogP contribution in [-0.2, 0) is 25.4 Å². The minimum atomic E-state index is -1.42. The van der Waals surface area contributed by atoms with Crippen molar-refractivity contribution in [3.63, 3.8) is 0 Å². The molecule has 0 aliphatic carbocycles. The number of carbonyl (C=O) groups is 1. The SMILES string of the molecule is CCOC(=O)[C@@H]1Cc2cc(OC)ccc2N1[C@@H]1c2cc([N+](=O)[O-])ccc2O[C@](C)(C(OC)OC)[C@H]1O. The Morgan fingerprint density at radius 1 is 1.25 bits per heavy atom. The third-order valence-corrected chi connectivity index (χ3v) is 6.81. The van der Waals surface area contributed by atoms with Crippen molar-refractivity contribution in [3.8, 4) is 11.5 Å². The molecule has 36 heavy (non-hydrogen) atoms. The van der Waals surface area contributed by atoms with Crippen LogP contribution in [0.25, 0.3) is 0 Å². The average molecular weight is 503 g/mol. The van der Waals surface area contributed by atoms with E-state index in [2.05, 4.69) is 0 Å². The van der Waals surface area contributed by atoms with E-state index in [-0.39, 0.29) is 12.3 Å². The first kappa shape index (κ1) is 25.7. The first-order valence-corrected chi connectivity index (χ1v) is 11.5. The number of nitro benzene ring substituents is 1. The van der Waals surface area contributed by atoms with Crippen LogP contribution in [-0.4, -0.2) is 68.0 Å². The van der Waals surface area contributed by atoms with Gasteiger partial charge in [-0.05, 0) is 43.7 Å². The van der Waals surface area contributed by atoms with Crippen molar-refractivity contribution in [2.45, 2.75) is 50.3 Å². The van der Waals surface area contributed by atoms with Gasteiger partial charge in [-0.3, -0.25) is 10.1 Å². The predicted molar refractivity (Wildman–Crippen MR) is 128 cm³/mol. The molecule has 0 spiro atoms. The van der Waals surface area contributed by atoms with Gasteiger partial charge in [0.2, 0.25) is 0 Å². The number of fused-ring (bicyclic) bond motifs is 2. The molecule has 4 atom stereocenters. The third kappa shape index (κ3) is 4.12. The second-order valence-corrected chi connectivity index (χ2v) is 8.83. The third-order valence-electron chi connectivity index (χ3n) is 6.81. The van der Waals surface area contributed by atoms with E-state index in [0.29, 0.717) is 29.2 Å². The molecular formula is C25H30N2O9. The summed E-state index contributed by atoms with van der Waals surface area (Å²) in [6.07, 6.45) is -2.02. The summed E-state index contributed by atoms with van der Waals surface area (Å²) >= 11 is 0. The van der Waals surface area contributed by atoms with Crippen molar-refractivity contribution in [1.29, 1.82) is 0 Å². The zero-order chi connectivity index (χ0) is 26.2. The van der Waals surface area contributed by atoms with Gasteiger partial charge in [0, 0.05) is 44.0 Å². The molecule has 0 amide bonds. The number of hydrogen-bond donors (Lipinski definition) is 1. The highest BCUT2D eigenvalue weighted by molar-refractivity contribution is 5.85. The molecule has 0 radical (unpaired) electrons. The van der Waals surface area contributed by atoms with Crippen LogP contribution in [0, 0.1) is 10.1 Å². The van der Waals surface area contributed by atoms with Gasteiger partial charge < -0.3 is 33.7 Å². The lowest BCUT2D eigenvalue weighted by Gasteiger charge is -2.50. The molecule has 0 bridgehead atoms. The Hall–Kier alpha value is -3.41. The zero-order valence-electron chi connectivity index (χ0n) is 20.8. The molecule has 2 aliphatic rings. The molecule has 0 aromatic heterocycles. The summed E-state index contributed by atoms with van der Waals surface area (Å²) in [5.74, 6) is 0.447. The van der Waals surface area contributed by atoms with E-state index in [1.165, 1.54) is 32.4 Å². The summed E-state index contributed by atoms with van der Waals surface area (Å²) in [6.45, 7) is 3.53. The Morgan fingerprint density at radius 2 is 1.97 bits per heavy atom. The van der Waals surface area contributed by atoms with Crippen LogP contribution in [0.5, 0.6) is 11.5 Å². The largest absolute Gasteiger partial charge is 0.497 e. The molecule has 2 aromatic carbocycles. The summed E-state index contributed by atoms with van der Waals surface area (Å²) < 4.78 is 27.9. The lowest BCUT2D eigenvalue weighted by atomic mass is 9.83. The van der Waals surface area contributed by atoms with Crippen molar-refractivity contribution in [2.75, 3.05) is 32.8 Å². The predicted octanol–water partition coefficient (Wildman–Crippen LogP) is 2.77. The monoisotopic (exact) mass is 502 g/mol. The lowest BCUT2D eigenvalue weighted by Crippen LogP contribution is -2.63. The van der Waals surface area contributed by atoms with Crippen molar-refractivity contribution in [1.82, 2.24) is 0 Å². The van der Waals surface area contributed by atoms with Crippen LogP contribution in [0.1, 0.15) is 31.0 Å². The quantitative estimate of drug-likeness (QED) is 0.249. The molecule has 0 fully saturated rings. The molecule has 0 saturated carbocycles. The molecule has 4 rings (SSSR count). The normalized spacial score (nSPS) is 24.6. The highest BCUT2D eigenvalue weighted by atomic mass is 16.7. The summed E-state index contributed by atoms with van der Waals surface area (Å²) in [7, 11) is 4.40. The Kier molecular flexibility index (Phi) is 7.07. The van der Waals surface area contributed by atoms with Crippen LogP contribution >= 0.6 is 0 Å². The number of non-ortho nitro benzene ring substituents is 1. The maximum absolute atomic E-state index is 13.2. The molecule has 11 heteroatoms. The van der Waals surface area contributed by atoms with E-state index in [0.717, 1.165) is 5.56 Å². The molecule has 1 N–H and O–H groups in total. The standard InChI is InChI=1S/C25H30N2O9/c1-6-35-23(29)19-12-14-11-16(32-3)8-9-18(14)26(19)21-17-13-15(27(30)31)7-10-20(17)36-25(2,22(21)28)24(33-4)34-5/h7-11,13,19,21-22,24,28H,6,12H2,1-5H3/t19-,21+,22-,25-/m0/s1. The number of anilines is 1. The highest BCUT2D eigenvalue weighted by Crippen LogP contribution is 2.50. The fraction of sp³-hybridized carbons (Fsp3) is 0.480. The number of esters is 1. The minimum Gasteiger partial charge on any atom is -0.497 e. The number of nitro groups is 1. The van der Waals surface area contributed by atoms with Gasteiger partial charge in [0.1, 0.15) is 23.6 Å². The number of aliphatic hydroxyl groups excluding tert-OH is 1. The van der Waals surface area contributed by atoms with Crippen LogP contribution in [0.15, 0.2) is 36.4 Å². The summed E-state index contributed by atoms with van der Waals surface area (Å²) in [4.78, 5) is 26.0. The topological polar surface area (TPSA) is 130 Å². The van der Waals surface area contributed by atoms with Gasteiger partial charge in [-0.15, -0.1) is 0 Å². The van der Waals surface area contributed by atoms with E-state index in [1.807, 2.05) is 6.07 Å². The molecule has 0 saturated heterocycles. The van der Waals surface area contributed by atoms with Crippen LogP contribution in [0.3, 0.4) is 0 Å². The number of methoxy groups -OCH3 is 3. The Morgan fingerprint density at radius 3 is 2.58 bits per heavy atom. The van der Waals surface area contributed by atoms with E-state index < -0.39 is 41.0 Å². The molecule has 194 valence electrons. The van der Waals surface area contributed by atoms with Gasteiger partial charge in [-0.1, -0.05) is 0 Å². The van der Waals surface area contributed by atoms with Gasteiger partial charge >= 0.3 is 5.97 Å². The van der Waals surface area contributed by atoms with Crippen LogP contribution < -0.4 is 14.4 Å². The van der Waals surface area contributed by atoms with Crippen molar-refractivity contribution in [2.24, 2.45) is 0 Å². The van der Waals surface area contributed by atoms with E-state index in [1.54, 1.807) is 38.0 Å². The number of nitrogens with zero attached hydrogens (tertiary/aromatic N) is 2. The Labute approximate surface area is 208 Å². The smallest absolute Gasteiger partial charge is 0.329 e. The second kappa shape index (κ2) is 9.92. The minimum absolute atomic E-state index is 0.171. The fourth-order valence-electron chi connectivity index (χ4n) is 5.17. The second-order valence-electron chi connectivity index (χ2n) is 8.83. The van der Waals surface area contributed by atoms with Gasteiger partial charge in [0.05, 0.1) is 24.7 Å². The fourth-order valence-corrected chi connectivity index (χ4v) is 5.17. The summed E-state index contributed by atoms with van der Waals surface area (Å²) in [6, 6.07) is 7.82. The first-order chi connectivity index (χ1) is 17.2. The number of hydrogen-bond acceptors (Lipinski definition) is 10. The average Bonchev–Trinajstić information content (AvgIpc) is 3.23. The van der Waals surface area contributed by atoms with Crippen LogP contribution in [0.2, 0.25) is 0 Å². The number of benzene rings is 2. The molecule has 11 nitrogen and oxygen atoms in total. The maximum atomic E-state index is 13.2. The first-order valence-electron chi connectivity index (χ1n) is 11.5. The van der Waals surface area contributed by atoms with E-state index in [4.69, 9.17) is 23.7 Å². The lowest BCUT2D eigenvalue weighted by molar-refractivity contribution is -0.385. The van der Waals surface area contributed by atoms with Gasteiger partial charge in [0.25, 0.3) is 5.69 Å². The number of rotatable bonds is 8. The number of ether oxygens (including phenoxy) is 5. The van der Waals surface area contributed by atoms with Crippen molar-refractivity contribution >= 4 is 17.3 Å². The Bertz CT molecular complexity index is 1150. The number of carbonyl (C=O) groups excluding carboxylic acids is 1. The summed E-state index contributed by atoms with van der Waals surface area (Å²) in [5, 5.41) is 23.5.